The van der Waals surface area contributed by atoms with E-state index in [1.54, 1.807) is 0 Å². The second-order valence-electron chi connectivity index (χ2n) is 5.19. The van der Waals surface area contributed by atoms with Crippen molar-refractivity contribution >= 4 is 11.8 Å². The third-order valence-electron chi connectivity index (χ3n) is 3.71. The van der Waals surface area contributed by atoms with Crippen LogP contribution in [0.15, 0.2) is 35.2 Å². The topological polar surface area (TPSA) is 26.0 Å². The number of nitrogens with two attached hydrogens (primary N) is 1. The molecule has 0 amide bonds. The normalized spacial score (nSPS) is 19.8. The average molecular weight is 249 g/mol. The first-order valence-corrected chi connectivity index (χ1v) is 7.74. The lowest BCUT2D eigenvalue weighted by Gasteiger charge is -2.27. The van der Waals surface area contributed by atoms with Gasteiger partial charge in [-0.05, 0) is 37.1 Å². The van der Waals surface area contributed by atoms with Crippen LogP contribution < -0.4 is 5.73 Å². The summed E-state index contributed by atoms with van der Waals surface area (Å²) in [6, 6.07) is 10.6. The van der Waals surface area contributed by atoms with E-state index in [2.05, 4.69) is 30.3 Å². The van der Waals surface area contributed by atoms with Gasteiger partial charge in [0.25, 0.3) is 0 Å². The van der Waals surface area contributed by atoms with Crippen LogP contribution in [0.1, 0.15) is 44.9 Å². The summed E-state index contributed by atoms with van der Waals surface area (Å²) in [5.41, 5.74) is 6.63. The molecule has 0 saturated heterocycles. The van der Waals surface area contributed by atoms with Gasteiger partial charge in [-0.25, -0.2) is 0 Å². The summed E-state index contributed by atoms with van der Waals surface area (Å²) in [7, 11) is 0. The lowest BCUT2D eigenvalue weighted by atomic mass is 9.89. The zero-order chi connectivity index (χ0) is 12.0. The molecule has 0 aromatic heterocycles. The molecule has 17 heavy (non-hydrogen) atoms. The molecule has 0 heterocycles. The van der Waals surface area contributed by atoms with E-state index in [0.717, 1.165) is 12.2 Å². The van der Waals surface area contributed by atoms with Gasteiger partial charge in [-0.1, -0.05) is 43.9 Å². The molecule has 0 unspecified atom stereocenters. The smallest absolute Gasteiger partial charge is 0.0162 e. The van der Waals surface area contributed by atoms with Crippen LogP contribution in [0.3, 0.4) is 0 Å². The minimum absolute atomic E-state index is 0.123. The number of rotatable bonds is 4. The molecule has 94 valence electrons. The van der Waals surface area contributed by atoms with E-state index in [9.17, 15) is 0 Å². The molecule has 1 saturated carbocycles. The lowest BCUT2D eigenvalue weighted by Crippen LogP contribution is -2.39. The molecular weight excluding hydrogens is 226 g/mol. The Morgan fingerprint density at radius 3 is 2.29 bits per heavy atom. The molecule has 1 aliphatic rings. The molecule has 0 aliphatic heterocycles. The van der Waals surface area contributed by atoms with Crippen molar-refractivity contribution in [3.8, 4) is 0 Å². The second-order valence-corrected chi connectivity index (χ2v) is 6.36. The molecule has 2 rings (SSSR count). The number of thioether (sulfide) groups is 1. The molecule has 0 radical (unpaired) electrons. The highest BCUT2D eigenvalue weighted by Crippen LogP contribution is 2.30. The Kier molecular flexibility index (Phi) is 4.93. The fourth-order valence-corrected chi connectivity index (χ4v) is 3.67. The van der Waals surface area contributed by atoms with E-state index in [0.29, 0.717) is 0 Å². The highest BCUT2D eigenvalue weighted by atomic mass is 32.2. The molecular formula is C15H23NS. The predicted octanol–water partition coefficient (Wildman–Crippen LogP) is 4.22. The summed E-state index contributed by atoms with van der Waals surface area (Å²) < 4.78 is 0. The van der Waals surface area contributed by atoms with E-state index in [-0.39, 0.29) is 5.54 Å². The Bertz CT molecular complexity index is 315. The fraction of sp³-hybridized carbons (Fsp3) is 0.600. The Labute approximate surface area is 109 Å². The monoisotopic (exact) mass is 249 g/mol. The molecule has 0 atom stereocenters. The van der Waals surface area contributed by atoms with E-state index >= 15 is 0 Å². The van der Waals surface area contributed by atoms with Crippen LogP contribution >= 0.6 is 11.8 Å². The van der Waals surface area contributed by atoms with Gasteiger partial charge in [0.1, 0.15) is 0 Å². The summed E-state index contributed by atoms with van der Waals surface area (Å²) in [5, 5.41) is 0. The SMILES string of the molecule is NC1(CCSc2ccccc2)CCCCCC1. The Balaban J connectivity index is 1.77. The number of hydrogen-bond acceptors (Lipinski definition) is 2. The predicted molar refractivity (Wildman–Crippen MR) is 76.4 cm³/mol. The van der Waals surface area contributed by atoms with Crippen LogP contribution in [0.4, 0.5) is 0 Å². The maximum absolute atomic E-state index is 6.51. The fourth-order valence-electron chi connectivity index (χ4n) is 2.57. The molecule has 2 heteroatoms. The quantitative estimate of drug-likeness (QED) is 0.638. The number of hydrogen-bond donors (Lipinski definition) is 1. The second kappa shape index (κ2) is 6.46. The van der Waals surface area contributed by atoms with Crippen LogP contribution in [0, 0.1) is 0 Å². The van der Waals surface area contributed by atoms with Crippen molar-refractivity contribution in [2.45, 2.75) is 55.4 Å². The summed E-state index contributed by atoms with van der Waals surface area (Å²) in [4.78, 5) is 1.37. The molecule has 0 bridgehead atoms. The summed E-state index contributed by atoms with van der Waals surface area (Å²) >= 11 is 1.94. The van der Waals surface area contributed by atoms with Crippen LogP contribution in [0.5, 0.6) is 0 Å². The van der Waals surface area contributed by atoms with E-state index < -0.39 is 0 Å². The molecule has 1 fully saturated rings. The number of benzene rings is 1. The third kappa shape index (κ3) is 4.36. The van der Waals surface area contributed by atoms with E-state index in [1.807, 2.05) is 11.8 Å². The van der Waals surface area contributed by atoms with Crippen LogP contribution in [-0.4, -0.2) is 11.3 Å². The van der Waals surface area contributed by atoms with Gasteiger partial charge in [-0.2, -0.15) is 0 Å². The Morgan fingerprint density at radius 2 is 1.65 bits per heavy atom. The standard InChI is InChI=1S/C15H23NS/c16-15(10-6-1-2-7-11-15)12-13-17-14-8-4-3-5-9-14/h3-5,8-9H,1-2,6-7,10-13,16H2. The maximum atomic E-state index is 6.51. The summed E-state index contributed by atoms with van der Waals surface area (Å²) in [6.07, 6.45) is 9.02. The molecule has 1 nitrogen and oxygen atoms in total. The van der Waals surface area contributed by atoms with Crippen molar-refractivity contribution in [3.05, 3.63) is 30.3 Å². The van der Waals surface area contributed by atoms with Gasteiger partial charge in [0.2, 0.25) is 0 Å². The van der Waals surface area contributed by atoms with Crippen molar-refractivity contribution in [2.24, 2.45) is 5.73 Å². The molecule has 2 N–H and O–H groups in total. The molecule has 1 aromatic rings. The first-order chi connectivity index (χ1) is 8.29. The van der Waals surface area contributed by atoms with Crippen LogP contribution in [0.25, 0.3) is 0 Å². The van der Waals surface area contributed by atoms with Gasteiger partial charge < -0.3 is 5.73 Å². The van der Waals surface area contributed by atoms with Gasteiger partial charge in [0.05, 0.1) is 0 Å². The third-order valence-corrected chi connectivity index (χ3v) is 4.72. The Hall–Kier alpha value is -0.470. The van der Waals surface area contributed by atoms with Crippen molar-refractivity contribution in [3.63, 3.8) is 0 Å². The van der Waals surface area contributed by atoms with Gasteiger partial charge in [0.15, 0.2) is 0 Å². The van der Waals surface area contributed by atoms with Crippen LogP contribution in [0.2, 0.25) is 0 Å². The van der Waals surface area contributed by atoms with Gasteiger partial charge in [0, 0.05) is 10.4 Å². The highest BCUT2D eigenvalue weighted by Gasteiger charge is 2.25. The summed E-state index contributed by atoms with van der Waals surface area (Å²) in [5.74, 6) is 1.15. The zero-order valence-electron chi connectivity index (χ0n) is 10.5. The minimum atomic E-state index is 0.123. The van der Waals surface area contributed by atoms with Crippen molar-refractivity contribution in [1.82, 2.24) is 0 Å². The Morgan fingerprint density at radius 1 is 1.00 bits per heavy atom. The minimum Gasteiger partial charge on any atom is -0.325 e. The van der Waals surface area contributed by atoms with E-state index in [1.165, 1.54) is 43.4 Å². The zero-order valence-corrected chi connectivity index (χ0v) is 11.3. The molecule has 0 spiro atoms. The first-order valence-electron chi connectivity index (χ1n) is 6.75. The highest BCUT2D eigenvalue weighted by molar-refractivity contribution is 7.99. The van der Waals surface area contributed by atoms with Gasteiger partial charge >= 0.3 is 0 Å². The van der Waals surface area contributed by atoms with Crippen molar-refractivity contribution in [2.75, 3.05) is 5.75 Å². The molecule has 1 aliphatic carbocycles. The largest absolute Gasteiger partial charge is 0.325 e. The summed E-state index contributed by atoms with van der Waals surface area (Å²) in [6.45, 7) is 0. The first kappa shape index (κ1) is 13.0. The van der Waals surface area contributed by atoms with Crippen LogP contribution in [-0.2, 0) is 0 Å². The molecule has 1 aromatic carbocycles. The van der Waals surface area contributed by atoms with Gasteiger partial charge in [-0.15, -0.1) is 11.8 Å². The van der Waals surface area contributed by atoms with E-state index in [4.69, 9.17) is 5.73 Å². The van der Waals surface area contributed by atoms with Crippen molar-refractivity contribution in [1.29, 1.82) is 0 Å². The maximum Gasteiger partial charge on any atom is 0.0162 e. The van der Waals surface area contributed by atoms with Crippen molar-refractivity contribution < 1.29 is 0 Å². The van der Waals surface area contributed by atoms with Gasteiger partial charge in [-0.3, -0.25) is 0 Å². The lowest BCUT2D eigenvalue weighted by molar-refractivity contribution is 0.362. The average Bonchev–Trinajstić information content (AvgIpc) is 2.56.